The maximum absolute atomic E-state index is 9.94. The van der Waals surface area contributed by atoms with Crippen molar-refractivity contribution in [3.8, 4) is 0 Å². The summed E-state index contributed by atoms with van der Waals surface area (Å²) in [7, 11) is 0. The Bertz CT molecular complexity index is 396. The van der Waals surface area contributed by atoms with Crippen LogP contribution in [-0.4, -0.2) is 93.3 Å². The summed E-state index contributed by atoms with van der Waals surface area (Å²) in [6, 6.07) is 0. The van der Waals surface area contributed by atoms with Gasteiger partial charge in [0.2, 0.25) is 12.2 Å². The normalized spacial score (nSPS) is 19.5. The maximum Gasteiger partial charge on any atom is 0.234 e. The van der Waals surface area contributed by atoms with Crippen LogP contribution in [-0.2, 0) is 9.59 Å². The predicted octanol–water partition coefficient (Wildman–Crippen LogP) is 3.81. The van der Waals surface area contributed by atoms with Crippen molar-refractivity contribution in [2.75, 3.05) is 70.6 Å². The van der Waals surface area contributed by atoms with Crippen LogP contribution in [0.25, 0.3) is 0 Å². The Morgan fingerprint density at radius 2 is 1.12 bits per heavy atom. The summed E-state index contributed by atoms with van der Waals surface area (Å²) in [4.78, 5) is 27.0. The molecule has 1 fully saturated rings. The lowest BCUT2D eigenvalue weighted by atomic mass is 10.5. The van der Waals surface area contributed by atoms with Gasteiger partial charge in [-0.25, -0.2) is 19.6 Å². The molecule has 0 aromatic rings. The summed E-state index contributed by atoms with van der Waals surface area (Å²) in [6.07, 6.45) is 3.16. The van der Waals surface area contributed by atoms with E-state index >= 15 is 0 Å². The Morgan fingerprint density at radius 1 is 0.692 bits per heavy atom. The van der Waals surface area contributed by atoms with Crippen LogP contribution in [0.4, 0.5) is 0 Å². The van der Waals surface area contributed by atoms with Crippen molar-refractivity contribution < 1.29 is 9.59 Å². The summed E-state index contributed by atoms with van der Waals surface area (Å²) in [5.74, 6) is 11.6. The minimum absolute atomic E-state index is 0.598. The Labute approximate surface area is 182 Å². The third-order valence-corrected chi connectivity index (χ3v) is 11.6. The van der Waals surface area contributed by atoms with E-state index < -0.39 is 0 Å². The number of hydrogen-bond donors (Lipinski definition) is 0. The summed E-state index contributed by atoms with van der Waals surface area (Å²) in [5, 5.41) is 1.59. The van der Waals surface area contributed by atoms with Gasteiger partial charge >= 0.3 is 0 Å². The molecule has 1 aliphatic rings. The second-order valence-electron chi connectivity index (χ2n) is 5.23. The summed E-state index contributed by atoms with van der Waals surface area (Å²) < 4.78 is 0. The fourth-order valence-electron chi connectivity index (χ4n) is 1.96. The zero-order valence-corrected chi connectivity index (χ0v) is 19.7. The molecule has 0 saturated carbocycles. The number of nitrogens with zero attached hydrogens (tertiary/aromatic N) is 2. The quantitative estimate of drug-likeness (QED) is 0.192. The lowest BCUT2D eigenvalue weighted by Gasteiger charge is -2.27. The molecular formula is C16H26N2O2S6. The van der Waals surface area contributed by atoms with Gasteiger partial charge in [0.15, 0.2) is 0 Å². The van der Waals surface area contributed by atoms with E-state index in [1.54, 1.807) is 12.2 Å². The molecular weight excluding hydrogens is 445 g/mol. The van der Waals surface area contributed by atoms with E-state index in [1.807, 2.05) is 23.5 Å². The van der Waals surface area contributed by atoms with Crippen molar-refractivity contribution >= 4 is 82.7 Å². The molecule has 148 valence electrons. The van der Waals surface area contributed by atoms with Crippen molar-refractivity contribution in [1.82, 2.24) is 0 Å². The summed E-state index contributed by atoms with van der Waals surface area (Å²) in [5.41, 5.74) is 0. The van der Waals surface area contributed by atoms with Crippen LogP contribution in [0.1, 0.15) is 0 Å². The van der Waals surface area contributed by atoms with Gasteiger partial charge in [0.25, 0.3) is 0 Å². The first-order chi connectivity index (χ1) is 12.9. The Hall–Kier alpha value is 0.860. The van der Waals surface area contributed by atoms with Gasteiger partial charge in [-0.2, -0.15) is 70.6 Å². The monoisotopic (exact) mass is 470 g/mol. The van der Waals surface area contributed by atoms with Gasteiger partial charge in [0.05, 0.1) is 13.1 Å². The summed E-state index contributed by atoms with van der Waals surface area (Å²) >= 11 is 12.1. The number of isocyanates is 2. The minimum atomic E-state index is 0.598. The van der Waals surface area contributed by atoms with Crippen LogP contribution in [0, 0.1) is 0 Å². The highest BCUT2D eigenvalue weighted by atomic mass is 32.2. The molecule has 1 aliphatic heterocycles. The van der Waals surface area contributed by atoms with Crippen molar-refractivity contribution in [3.63, 3.8) is 0 Å². The highest BCUT2D eigenvalue weighted by Gasteiger charge is 2.21. The molecule has 0 aliphatic carbocycles. The largest absolute Gasteiger partial charge is 0.234 e. The molecule has 2 unspecified atom stereocenters. The molecule has 0 aromatic heterocycles. The molecule has 0 bridgehead atoms. The molecule has 4 nitrogen and oxygen atoms in total. The third kappa shape index (κ3) is 14.9. The molecule has 0 N–H and O–H groups in total. The van der Waals surface area contributed by atoms with Gasteiger partial charge in [-0.1, -0.05) is 0 Å². The first-order valence-corrected chi connectivity index (χ1v) is 15.2. The van der Waals surface area contributed by atoms with Crippen molar-refractivity contribution in [2.24, 2.45) is 9.98 Å². The van der Waals surface area contributed by atoms with Crippen LogP contribution in [0.15, 0.2) is 9.98 Å². The third-order valence-electron chi connectivity index (χ3n) is 3.21. The highest BCUT2D eigenvalue weighted by Crippen LogP contribution is 2.33. The first kappa shape index (κ1) is 24.9. The zero-order valence-electron chi connectivity index (χ0n) is 14.8. The fraction of sp³-hybridized carbons (Fsp3) is 0.875. The topological polar surface area (TPSA) is 58.9 Å². The molecule has 2 atom stereocenters. The van der Waals surface area contributed by atoms with Gasteiger partial charge in [-0.15, -0.1) is 0 Å². The molecule has 10 heteroatoms. The molecule has 1 heterocycles. The minimum Gasteiger partial charge on any atom is -0.211 e. The fourth-order valence-corrected chi connectivity index (χ4v) is 9.88. The molecule has 0 amide bonds. The number of carbonyl (C=O) groups excluding carboxylic acids is 2. The molecule has 26 heavy (non-hydrogen) atoms. The van der Waals surface area contributed by atoms with Gasteiger partial charge in [0, 0.05) is 68.0 Å². The van der Waals surface area contributed by atoms with E-state index in [0.717, 1.165) is 33.5 Å². The van der Waals surface area contributed by atoms with Gasteiger partial charge < -0.3 is 0 Å². The average molecular weight is 471 g/mol. The second-order valence-corrected chi connectivity index (χ2v) is 12.6. The van der Waals surface area contributed by atoms with E-state index in [4.69, 9.17) is 0 Å². The van der Waals surface area contributed by atoms with Gasteiger partial charge in [-0.3, -0.25) is 0 Å². The van der Waals surface area contributed by atoms with Crippen LogP contribution in [0.3, 0.4) is 0 Å². The number of thioether (sulfide) groups is 6. The molecule has 1 rings (SSSR count). The Kier molecular flexibility index (Phi) is 18.4. The van der Waals surface area contributed by atoms with Gasteiger partial charge in [-0.05, 0) is 0 Å². The number of hydrogen-bond acceptors (Lipinski definition) is 10. The zero-order chi connectivity index (χ0) is 18.7. The van der Waals surface area contributed by atoms with Crippen LogP contribution < -0.4 is 0 Å². The highest BCUT2D eigenvalue weighted by molar-refractivity contribution is 8.09. The van der Waals surface area contributed by atoms with E-state index in [-0.39, 0.29) is 0 Å². The summed E-state index contributed by atoms with van der Waals surface area (Å²) in [6.45, 7) is 1.20. The van der Waals surface area contributed by atoms with E-state index in [0.29, 0.717) is 13.1 Å². The first-order valence-electron chi connectivity index (χ1n) is 8.48. The van der Waals surface area contributed by atoms with E-state index in [9.17, 15) is 9.59 Å². The Morgan fingerprint density at radius 3 is 1.50 bits per heavy atom. The molecule has 1 saturated heterocycles. The Balaban J connectivity index is 1.87. The number of rotatable bonds is 16. The molecule has 0 radical (unpaired) electrons. The van der Waals surface area contributed by atoms with Crippen molar-refractivity contribution in [2.45, 2.75) is 10.5 Å². The lowest BCUT2D eigenvalue weighted by molar-refractivity contribution is 0.562. The number of aliphatic imine (C=N–C) groups is 2. The average Bonchev–Trinajstić information content (AvgIpc) is 2.67. The van der Waals surface area contributed by atoms with E-state index in [1.165, 1.54) is 34.5 Å². The lowest BCUT2D eigenvalue weighted by Crippen LogP contribution is -2.25. The van der Waals surface area contributed by atoms with Gasteiger partial charge in [0.1, 0.15) is 0 Å². The van der Waals surface area contributed by atoms with Crippen LogP contribution >= 0.6 is 70.6 Å². The van der Waals surface area contributed by atoms with E-state index in [2.05, 4.69) is 57.0 Å². The molecule has 0 spiro atoms. The van der Waals surface area contributed by atoms with Crippen molar-refractivity contribution in [1.29, 1.82) is 0 Å². The predicted molar refractivity (Wildman–Crippen MR) is 128 cm³/mol. The maximum atomic E-state index is 9.94. The standard InChI is InChI=1S/C16H26N2O2S6/c19-13-17-1-3-21-5-7-23-9-15-11-26-16(12-25-15)10-24-8-6-22-4-2-18-14-20/h15-16H,1-12H2. The smallest absolute Gasteiger partial charge is 0.211 e. The SMILES string of the molecule is O=C=NCCSCCSCC1CSC(CSCCSCCN=C=O)CS1. The molecule has 0 aromatic carbocycles. The van der Waals surface area contributed by atoms with Crippen LogP contribution in [0.5, 0.6) is 0 Å². The van der Waals surface area contributed by atoms with Crippen LogP contribution in [0.2, 0.25) is 0 Å². The van der Waals surface area contributed by atoms with Crippen molar-refractivity contribution in [3.05, 3.63) is 0 Å². The second kappa shape index (κ2) is 19.2.